The van der Waals surface area contributed by atoms with Crippen LogP contribution in [0.5, 0.6) is 0 Å². The van der Waals surface area contributed by atoms with Gasteiger partial charge in [0.05, 0.1) is 91.6 Å². The fourth-order valence-corrected chi connectivity index (χ4v) is 17.2. The van der Waals surface area contributed by atoms with E-state index < -0.39 is 100 Å². The molecular weight excluding hydrogens is 1360 g/mol. The average molecular weight is 1540 g/mol. The van der Waals surface area contributed by atoms with E-state index in [2.05, 4.69) is 20.8 Å². The lowest BCUT2D eigenvalue weighted by Crippen LogP contribution is -2.47. The molecule has 15 atom stereocenters. The number of hydrogen-bond donors (Lipinski definition) is 15. The Balaban J connectivity index is 5.13. The lowest BCUT2D eigenvalue weighted by molar-refractivity contribution is 0.0203. The highest BCUT2D eigenvalue weighted by Crippen LogP contribution is 2.26. The molecule has 0 amide bonds. The van der Waals surface area contributed by atoms with Crippen LogP contribution in [-0.4, -0.2) is 197 Å². The Labute approximate surface area is 651 Å². The van der Waals surface area contributed by atoms with Gasteiger partial charge in [0.15, 0.2) is 0 Å². The van der Waals surface area contributed by atoms with Gasteiger partial charge >= 0.3 is 8.80 Å². The Kier molecular flexibility index (Phi) is 75.5. The second-order valence-corrected chi connectivity index (χ2v) is 35.8. The first-order chi connectivity index (χ1) is 51.2. The maximum Gasteiger partial charge on any atom is 0.500 e. The minimum Gasteiger partial charge on any atom is -0.393 e. The van der Waals surface area contributed by atoms with Crippen molar-refractivity contribution < 1.29 is 89.9 Å². The van der Waals surface area contributed by atoms with Crippen LogP contribution in [0.1, 0.15) is 439 Å². The number of aliphatic hydroxyl groups excluding tert-OH is 15. The van der Waals surface area contributed by atoms with Gasteiger partial charge in [-0.3, -0.25) is 0 Å². The molecule has 0 radical (unpaired) electrons. The van der Waals surface area contributed by atoms with Gasteiger partial charge in [0, 0.05) is 25.9 Å². The molecule has 106 heavy (non-hydrogen) atoms. The Morgan fingerprint density at radius 3 is 0.415 bits per heavy atom. The van der Waals surface area contributed by atoms with E-state index in [0.717, 1.165) is 57.8 Å². The van der Waals surface area contributed by atoms with Crippen molar-refractivity contribution in [1.29, 1.82) is 0 Å². The molecule has 18 nitrogen and oxygen atoms in total. The standard InChI is InChI=1S/C87H178O18Si/c1-5-9-12-15-18-21-24-27-30-33-36-39-73(88)42-45-76(91)48-51-79(94)54-57-82(97)60-63-85(100)66-69-103-106(72-8-4,104-70-67-86(101)64-61-83(98)58-55-80(95)52-49-77(92)46-43-74(89)40-37-34-31-28-25-22-19-16-13-10-6-2)105-71-68-87(102)65-62-84(99)59-56-81(96)53-50-78(93)47-44-75(90)41-38-35-32-29-26-23-20-17-14-11-7-3/h73-102H,5-72H2,1-4H3. The van der Waals surface area contributed by atoms with Crippen molar-refractivity contribution in [3.05, 3.63) is 0 Å². The maximum atomic E-state index is 11.1. The zero-order chi connectivity index (χ0) is 78.4. The summed E-state index contributed by atoms with van der Waals surface area (Å²) in [7, 11) is -3.49. The first kappa shape index (κ1) is 105. The van der Waals surface area contributed by atoms with E-state index in [4.69, 9.17) is 13.3 Å². The van der Waals surface area contributed by atoms with Crippen molar-refractivity contribution in [2.45, 2.75) is 536 Å². The van der Waals surface area contributed by atoms with Crippen LogP contribution in [0.3, 0.4) is 0 Å². The third kappa shape index (κ3) is 71.3. The maximum absolute atomic E-state index is 11.1. The number of rotatable bonds is 86. The smallest absolute Gasteiger partial charge is 0.393 e. The number of aliphatic hydroxyl groups is 15. The van der Waals surface area contributed by atoms with Crippen molar-refractivity contribution in [3.8, 4) is 0 Å². The van der Waals surface area contributed by atoms with Crippen LogP contribution in [0, 0.1) is 0 Å². The molecule has 0 saturated heterocycles. The van der Waals surface area contributed by atoms with E-state index in [1.807, 2.05) is 6.92 Å². The molecule has 0 heterocycles. The molecule has 0 aliphatic heterocycles. The molecule has 0 saturated carbocycles. The molecule has 0 aromatic heterocycles. The third-order valence-electron chi connectivity index (χ3n) is 22.3. The Morgan fingerprint density at radius 1 is 0.151 bits per heavy atom. The lowest BCUT2D eigenvalue weighted by atomic mass is 9.98. The van der Waals surface area contributed by atoms with Gasteiger partial charge in [0.2, 0.25) is 0 Å². The van der Waals surface area contributed by atoms with Crippen molar-refractivity contribution in [1.82, 2.24) is 0 Å². The summed E-state index contributed by atoms with van der Waals surface area (Å²) in [6.07, 6.45) is 44.6. The van der Waals surface area contributed by atoms with Gasteiger partial charge in [-0.1, -0.05) is 246 Å². The van der Waals surface area contributed by atoms with Gasteiger partial charge in [-0.2, -0.15) is 0 Å². The largest absolute Gasteiger partial charge is 0.500 e. The molecule has 15 N–H and O–H groups in total. The van der Waals surface area contributed by atoms with Gasteiger partial charge in [-0.05, 0) is 193 Å². The molecule has 0 aromatic carbocycles. The van der Waals surface area contributed by atoms with Crippen molar-refractivity contribution in [3.63, 3.8) is 0 Å². The van der Waals surface area contributed by atoms with Gasteiger partial charge in [0.1, 0.15) is 0 Å². The molecule has 0 fully saturated rings. The Hall–Kier alpha value is -0.503. The van der Waals surface area contributed by atoms with E-state index in [-0.39, 0.29) is 39.1 Å². The Bertz CT molecular complexity index is 1580. The highest BCUT2D eigenvalue weighted by Gasteiger charge is 2.41. The quantitative estimate of drug-likeness (QED) is 0.0199. The molecule has 19 heteroatoms. The zero-order valence-electron chi connectivity index (χ0n) is 69.2. The minimum atomic E-state index is -3.49. The average Bonchev–Trinajstić information content (AvgIpc) is 0.867. The fraction of sp³-hybridized carbons (Fsp3) is 1.00. The molecule has 0 aromatic rings. The second-order valence-electron chi connectivity index (χ2n) is 33.1. The topological polar surface area (TPSA) is 331 Å². The van der Waals surface area contributed by atoms with Crippen LogP contribution in [0.15, 0.2) is 0 Å². The molecule has 0 bridgehead atoms. The normalized spacial score (nSPS) is 17.1. The predicted molar refractivity (Wildman–Crippen MR) is 437 cm³/mol. The van der Waals surface area contributed by atoms with Gasteiger partial charge in [-0.25, -0.2) is 0 Å². The SMILES string of the molecule is CCCCCCCCCCCCCC(O)CCC(O)CCC(O)CCC(O)CCC(O)CCO[Si](CCC)(OCCC(O)CCC(O)CCC(O)CCC(O)CCC(O)CCCCCCCCCCCCC)OCCC(O)CCC(O)CCC(O)CCC(O)CCC(O)CCCCCCCCCCCCC. The van der Waals surface area contributed by atoms with Gasteiger partial charge in [0.25, 0.3) is 0 Å². The van der Waals surface area contributed by atoms with Crippen LogP contribution in [0.2, 0.25) is 6.04 Å². The number of hydrogen-bond acceptors (Lipinski definition) is 18. The summed E-state index contributed by atoms with van der Waals surface area (Å²) < 4.78 is 19.4. The van der Waals surface area contributed by atoms with Crippen molar-refractivity contribution in [2.24, 2.45) is 0 Å². The zero-order valence-corrected chi connectivity index (χ0v) is 70.2. The summed E-state index contributed by atoms with van der Waals surface area (Å²) in [5.74, 6) is 0. The van der Waals surface area contributed by atoms with Gasteiger partial charge < -0.3 is 89.9 Å². The molecule has 15 unspecified atom stereocenters. The van der Waals surface area contributed by atoms with Crippen LogP contribution < -0.4 is 0 Å². The first-order valence-corrected chi connectivity index (χ1v) is 47.2. The molecule has 0 spiro atoms. The predicted octanol–water partition coefficient (Wildman–Crippen LogP) is 17.4. The molecular formula is C87H178O18Si. The lowest BCUT2D eigenvalue weighted by Gasteiger charge is -2.31. The molecule has 0 aliphatic rings. The first-order valence-electron chi connectivity index (χ1n) is 45.3. The van der Waals surface area contributed by atoms with Crippen LogP contribution >= 0.6 is 0 Å². The summed E-state index contributed by atoms with van der Waals surface area (Å²) in [5.41, 5.74) is 0. The van der Waals surface area contributed by atoms with Crippen LogP contribution in [0.25, 0.3) is 0 Å². The molecule has 0 aliphatic carbocycles. The summed E-state index contributed by atoms with van der Waals surface area (Å²) >= 11 is 0. The third-order valence-corrected chi connectivity index (χ3v) is 25.3. The van der Waals surface area contributed by atoms with E-state index in [0.29, 0.717) is 167 Å². The summed E-state index contributed by atoms with van der Waals surface area (Å²) in [6, 6.07) is 0.424. The van der Waals surface area contributed by atoms with Crippen molar-refractivity contribution >= 4 is 8.80 Å². The van der Waals surface area contributed by atoms with E-state index in [1.54, 1.807) is 0 Å². The highest BCUT2D eigenvalue weighted by molar-refractivity contribution is 6.60. The monoisotopic (exact) mass is 1540 g/mol. The molecule has 0 rings (SSSR count). The van der Waals surface area contributed by atoms with Crippen molar-refractivity contribution in [2.75, 3.05) is 19.8 Å². The highest BCUT2D eigenvalue weighted by atomic mass is 28.4. The number of unbranched alkanes of at least 4 members (excludes halogenated alkanes) is 30. The van der Waals surface area contributed by atoms with E-state index in [1.165, 1.54) is 173 Å². The summed E-state index contributed by atoms with van der Waals surface area (Å²) in [4.78, 5) is 0. The fourth-order valence-electron chi connectivity index (χ4n) is 14.6. The molecule has 638 valence electrons. The van der Waals surface area contributed by atoms with E-state index >= 15 is 0 Å². The second kappa shape index (κ2) is 75.8. The van der Waals surface area contributed by atoms with Crippen LogP contribution in [0.4, 0.5) is 0 Å². The van der Waals surface area contributed by atoms with Crippen LogP contribution in [-0.2, 0) is 13.3 Å². The minimum absolute atomic E-state index is 0.0886. The summed E-state index contributed by atoms with van der Waals surface area (Å²) in [5, 5.41) is 161. The Morgan fingerprint density at radius 2 is 0.274 bits per heavy atom. The summed E-state index contributed by atoms with van der Waals surface area (Å²) in [6.45, 7) is 8.98. The van der Waals surface area contributed by atoms with E-state index in [9.17, 15) is 76.6 Å². The van der Waals surface area contributed by atoms with Gasteiger partial charge in [-0.15, -0.1) is 0 Å².